The van der Waals surface area contributed by atoms with Crippen LogP contribution in [0.25, 0.3) is 0 Å². The van der Waals surface area contributed by atoms with Gasteiger partial charge >= 0.3 is 33.3 Å². The zero-order valence-corrected chi connectivity index (χ0v) is 5.38. The van der Waals surface area contributed by atoms with E-state index in [9.17, 15) is 0 Å². The number of hydrazine groups is 1. The van der Waals surface area contributed by atoms with Gasteiger partial charge in [0, 0.05) is 0 Å². The van der Waals surface area contributed by atoms with Crippen molar-refractivity contribution in [3.63, 3.8) is 0 Å². The molecule has 0 radical (unpaired) electrons. The molecular weight excluding hydrogens is 171 g/mol. The summed E-state index contributed by atoms with van der Waals surface area (Å²) in [5, 5.41) is 0. The second-order valence-electron chi connectivity index (χ2n) is 0.0505. The van der Waals surface area contributed by atoms with Crippen LogP contribution in [-0.2, 0) is 13.1 Å². The first-order chi connectivity index (χ1) is 2.41. The van der Waals surface area contributed by atoms with Crippen molar-refractivity contribution in [2.24, 2.45) is 11.7 Å². The molecule has 3 nitrogen and oxygen atoms in total. The van der Waals surface area contributed by atoms with Crippen molar-refractivity contribution in [1.82, 2.24) is 0 Å². The van der Waals surface area contributed by atoms with Crippen LogP contribution in [0.15, 0.2) is 0 Å². The van der Waals surface area contributed by atoms with Crippen LogP contribution in [0, 0.1) is 0 Å². The molecule has 0 spiro atoms. The number of rotatable bonds is 0. The van der Waals surface area contributed by atoms with Crippen LogP contribution >= 0.6 is 20.2 Å². The van der Waals surface area contributed by atoms with Crippen molar-refractivity contribution in [1.29, 1.82) is 0 Å². The van der Waals surface area contributed by atoms with Gasteiger partial charge in [0.1, 0.15) is 0 Å². The van der Waals surface area contributed by atoms with E-state index < -0.39 is 0 Å². The van der Waals surface area contributed by atoms with E-state index in [1.807, 2.05) is 0 Å². The van der Waals surface area contributed by atoms with Crippen molar-refractivity contribution >= 4 is 20.2 Å². The predicted octanol–water partition coefficient (Wildman–Crippen LogP) is -0.629. The van der Waals surface area contributed by atoms with Crippen LogP contribution in [0.4, 0.5) is 0 Å². The first kappa shape index (κ1) is 15.8. The van der Waals surface area contributed by atoms with Gasteiger partial charge in [-0.3, -0.25) is 11.7 Å². The molecule has 6 heteroatoms. The zero-order valence-electron chi connectivity index (χ0n) is 2.76. The maximum atomic E-state index is 4.76. The molecule has 0 aliphatic carbocycles. The fraction of sp³-hybridized carbons (Fsp3) is 0. The molecule has 6 heavy (non-hydrogen) atoms. The van der Waals surface area contributed by atoms with E-state index in [1.165, 1.54) is 0 Å². The third kappa shape index (κ3) is 82.2. The van der Waals surface area contributed by atoms with E-state index in [2.05, 4.69) is 11.7 Å². The summed E-state index contributed by atoms with van der Waals surface area (Å²) in [4.78, 5) is 0. The van der Waals surface area contributed by atoms with Crippen molar-refractivity contribution in [3.05, 3.63) is 0 Å². The molecule has 44 valence electrons. The summed E-state index contributed by atoms with van der Waals surface area (Å²) in [5.41, 5.74) is 0. The van der Waals surface area contributed by atoms with E-state index in [-0.39, 0.29) is 18.6 Å². The van der Waals surface area contributed by atoms with Gasteiger partial charge in [-0.2, -0.15) is 0 Å². The summed E-state index contributed by atoms with van der Waals surface area (Å²) < 4.78 is 0. The van der Waals surface area contributed by atoms with Gasteiger partial charge in [-0.25, -0.2) is 0 Å². The fourth-order valence-corrected chi connectivity index (χ4v) is 0. The molecule has 0 fully saturated rings. The van der Waals surface area contributed by atoms with Crippen molar-refractivity contribution in [3.8, 4) is 0 Å². The summed E-state index contributed by atoms with van der Waals surface area (Å²) in [6, 6.07) is 0. The quantitative estimate of drug-likeness (QED) is 0.293. The molecule has 0 amide bonds. The van der Waals surface area contributed by atoms with Gasteiger partial charge in [0.05, 0.1) is 0 Å². The molecule has 0 aromatic carbocycles. The molecule has 0 aromatic rings. The van der Waals surface area contributed by atoms with Crippen LogP contribution in [-0.4, -0.2) is 5.48 Å². The minimum atomic E-state index is 0. The van der Waals surface area contributed by atoms with Crippen LogP contribution < -0.4 is 11.7 Å². The standard InChI is InChI=1S/2ClH.Fe.H4N2.H2O/c;;;1-2;/h2*1H;;1-2H2;1H2/q;;+2;;/p-2. The first-order valence-electron chi connectivity index (χ1n) is 0.601. The van der Waals surface area contributed by atoms with E-state index in [4.69, 9.17) is 20.2 Å². The molecular formula is H6Cl2FeN2O. The molecule has 6 N–H and O–H groups in total. The number of hydrogen-bond donors (Lipinski definition) is 2. The Balaban J connectivity index is -0.0000000275. The van der Waals surface area contributed by atoms with Gasteiger partial charge in [0.2, 0.25) is 0 Å². The molecule has 0 saturated carbocycles. The molecule has 0 aliphatic rings. The average molecular weight is 177 g/mol. The first-order valence-corrected chi connectivity index (χ1v) is 3.64. The second kappa shape index (κ2) is 37.8. The van der Waals surface area contributed by atoms with Crippen molar-refractivity contribution < 1.29 is 18.6 Å². The van der Waals surface area contributed by atoms with Gasteiger partial charge in [-0.05, 0) is 0 Å². The van der Waals surface area contributed by atoms with Crippen LogP contribution in [0.3, 0.4) is 0 Å². The Bertz CT molecular complexity index is 11.5. The summed E-state index contributed by atoms with van der Waals surface area (Å²) >= 11 is 0.194. The van der Waals surface area contributed by atoms with Gasteiger partial charge in [0.25, 0.3) is 0 Å². The fourth-order valence-electron chi connectivity index (χ4n) is 0. The molecule has 0 rings (SSSR count). The molecule has 0 unspecified atom stereocenters. The van der Waals surface area contributed by atoms with Gasteiger partial charge in [-0.15, -0.1) is 0 Å². The zero-order chi connectivity index (χ0) is 4.71. The topological polar surface area (TPSA) is 83.5 Å². The van der Waals surface area contributed by atoms with Gasteiger partial charge in [-0.1, -0.05) is 0 Å². The number of hydrogen-bond acceptors (Lipinski definition) is 2. The number of nitrogens with two attached hydrogens (primary N) is 2. The Morgan fingerprint density at radius 2 is 1.17 bits per heavy atom. The molecule has 0 saturated heterocycles. The molecule has 0 aliphatic heterocycles. The molecule has 0 aromatic heterocycles. The molecule has 0 atom stereocenters. The van der Waals surface area contributed by atoms with Crippen LogP contribution in [0.5, 0.6) is 0 Å². The summed E-state index contributed by atoms with van der Waals surface area (Å²) in [7, 11) is 9.53. The van der Waals surface area contributed by atoms with Crippen molar-refractivity contribution in [2.75, 3.05) is 0 Å². The van der Waals surface area contributed by atoms with Gasteiger partial charge in [0.15, 0.2) is 0 Å². The Labute approximate surface area is 50.9 Å². The summed E-state index contributed by atoms with van der Waals surface area (Å²) in [6.07, 6.45) is 0. The monoisotopic (exact) mass is 176 g/mol. The maximum absolute atomic E-state index is 4.76. The van der Waals surface area contributed by atoms with Gasteiger partial charge < -0.3 is 5.48 Å². The van der Waals surface area contributed by atoms with Crippen LogP contribution in [0.1, 0.15) is 0 Å². The predicted molar refractivity (Wildman–Crippen MR) is 23.7 cm³/mol. The molecule has 0 heterocycles. The van der Waals surface area contributed by atoms with Crippen LogP contribution in [0.2, 0.25) is 0 Å². The van der Waals surface area contributed by atoms with E-state index in [1.54, 1.807) is 0 Å². The molecule has 0 bridgehead atoms. The van der Waals surface area contributed by atoms with E-state index in [0.29, 0.717) is 0 Å². The second-order valence-corrected chi connectivity index (χ2v) is 1.87. The third-order valence-corrected chi connectivity index (χ3v) is 0. The average Bonchev–Trinajstić information content (AvgIpc) is 1.46. The van der Waals surface area contributed by atoms with E-state index >= 15 is 0 Å². The SMILES string of the molecule is NN.O.[Cl][Fe][Cl]. The Hall–Kier alpha value is 0.979. The Morgan fingerprint density at radius 3 is 1.17 bits per heavy atom. The third-order valence-electron chi connectivity index (χ3n) is 0. The summed E-state index contributed by atoms with van der Waals surface area (Å²) in [5.74, 6) is 8.00. The Kier molecular flexibility index (Phi) is 99.4. The summed E-state index contributed by atoms with van der Waals surface area (Å²) in [6.45, 7) is 0. The number of halogens is 2. The van der Waals surface area contributed by atoms with Crippen molar-refractivity contribution in [2.45, 2.75) is 0 Å². The Morgan fingerprint density at radius 1 is 1.17 bits per heavy atom. The van der Waals surface area contributed by atoms with E-state index in [0.717, 1.165) is 0 Å². The normalized spacial score (nSPS) is 4.67. The minimum absolute atomic E-state index is 0.